The average molecular weight is 430 g/mol. The highest BCUT2D eigenvalue weighted by Gasteiger charge is 2.16. The third-order valence-corrected chi connectivity index (χ3v) is 4.13. The summed E-state index contributed by atoms with van der Waals surface area (Å²) >= 11 is 0. The lowest BCUT2D eigenvalue weighted by Crippen LogP contribution is -2.16. The number of rotatable bonds is 12. The number of nitro benzene ring substituents is 2. The van der Waals surface area contributed by atoms with Gasteiger partial charge in [-0.25, -0.2) is 0 Å². The second-order valence-corrected chi connectivity index (χ2v) is 6.27. The SMILES string of the molecule is N=C(N)c1ccc(NCCOCCNc2ccc(C(=N)N)cc2[N+](=O)[O-])c([N+](=O)[O-])c1. The summed E-state index contributed by atoms with van der Waals surface area (Å²) in [4.78, 5) is 21.2. The van der Waals surface area contributed by atoms with Crippen molar-refractivity contribution in [3.8, 4) is 0 Å². The molecule has 0 heterocycles. The molecule has 0 aromatic heterocycles. The number of anilines is 2. The highest BCUT2D eigenvalue weighted by molar-refractivity contribution is 5.97. The van der Waals surface area contributed by atoms with Gasteiger partial charge in [0.05, 0.1) is 23.1 Å². The van der Waals surface area contributed by atoms with Crippen LogP contribution < -0.4 is 22.1 Å². The molecule has 0 saturated carbocycles. The van der Waals surface area contributed by atoms with E-state index in [1.54, 1.807) is 0 Å². The standard InChI is InChI=1S/C18H22N8O5/c19-17(20)11-1-3-13(15(9-11)25(27)28)23-5-7-31-8-6-24-14-4-2-12(18(21)22)10-16(14)26(29)30/h1-4,9-10,23-24H,5-8H2,(H3,19,20)(H3,21,22). The van der Waals surface area contributed by atoms with Gasteiger partial charge in [-0.1, -0.05) is 0 Å². The molecule has 0 aliphatic heterocycles. The number of nitrogens with two attached hydrogens (primary N) is 2. The summed E-state index contributed by atoms with van der Waals surface area (Å²) in [5.74, 6) is -0.525. The van der Waals surface area contributed by atoms with Gasteiger partial charge in [-0.15, -0.1) is 0 Å². The lowest BCUT2D eigenvalue weighted by Gasteiger charge is -2.10. The minimum Gasteiger partial charge on any atom is -0.384 e. The van der Waals surface area contributed by atoms with Gasteiger partial charge in [0.25, 0.3) is 11.4 Å². The molecule has 13 nitrogen and oxygen atoms in total. The van der Waals surface area contributed by atoms with Gasteiger partial charge in [0.15, 0.2) is 0 Å². The molecule has 164 valence electrons. The zero-order valence-electron chi connectivity index (χ0n) is 16.4. The van der Waals surface area contributed by atoms with Gasteiger partial charge in [0.2, 0.25) is 0 Å². The fraction of sp³-hybridized carbons (Fsp3) is 0.222. The molecule has 0 aliphatic rings. The molecule has 2 rings (SSSR count). The molecule has 0 atom stereocenters. The van der Waals surface area contributed by atoms with Crippen molar-refractivity contribution in [3.63, 3.8) is 0 Å². The quantitative estimate of drug-likeness (QED) is 0.0945. The highest BCUT2D eigenvalue weighted by atomic mass is 16.6. The van der Waals surface area contributed by atoms with Crippen molar-refractivity contribution in [2.75, 3.05) is 36.9 Å². The Labute approximate surface area is 176 Å². The van der Waals surface area contributed by atoms with Crippen molar-refractivity contribution in [3.05, 3.63) is 67.8 Å². The molecular formula is C18H22N8O5. The predicted octanol–water partition coefficient (Wildman–Crippen LogP) is 1.61. The van der Waals surface area contributed by atoms with E-state index in [1.165, 1.54) is 36.4 Å². The number of nitrogen functional groups attached to an aromatic ring is 2. The van der Waals surface area contributed by atoms with Crippen LogP contribution in [0.1, 0.15) is 11.1 Å². The van der Waals surface area contributed by atoms with Crippen LogP contribution in [0.2, 0.25) is 0 Å². The number of benzene rings is 2. The van der Waals surface area contributed by atoms with E-state index < -0.39 is 9.85 Å². The molecule has 2 aromatic rings. The molecule has 8 N–H and O–H groups in total. The number of nitrogens with one attached hydrogen (secondary N) is 4. The van der Waals surface area contributed by atoms with E-state index >= 15 is 0 Å². The smallest absolute Gasteiger partial charge is 0.293 e. The molecule has 0 spiro atoms. The van der Waals surface area contributed by atoms with E-state index in [0.717, 1.165) is 0 Å². The van der Waals surface area contributed by atoms with Gasteiger partial charge < -0.3 is 26.8 Å². The third-order valence-electron chi connectivity index (χ3n) is 4.13. The molecule has 0 aliphatic carbocycles. The second-order valence-electron chi connectivity index (χ2n) is 6.27. The van der Waals surface area contributed by atoms with E-state index in [9.17, 15) is 20.2 Å². The number of amidine groups is 2. The van der Waals surface area contributed by atoms with E-state index in [-0.39, 0.29) is 71.9 Å². The van der Waals surface area contributed by atoms with Crippen molar-refractivity contribution < 1.29 is 14.6 Å². The van der Waals surface area contributed by atoms with Crippen LogP contribution in [-0.4, -0.2) is 47.8 Å². The Bertz CT molecular complexity index is 931. The topological polar surface area (TPSA) is 219 Å². The van der Waals surface area contributed by atoms with Gasteiger partial charge in [-0.3, -0.25) is 31.0 Å². The fourth-order valence-corrected chi connectivity index (χ4v) is 2.62. The lowest BCUT2D eigenvalue weighted by molar-refractivity contribution is -0.384. The molecule has 2 aromatic carbocycles. The maximum atomic E-state index is 11.2. The van der Waals surface area contributed by atoms with Crippen LogP contribution in [0.4, 0.5) is 22.7 Å². The summed E-state index contributed by atoms with van der Waals surface area (Å²) in [6, 6.07) is 8.40. The summed E-state index contributed by atoms with van der Waals surface area (Å²) in [7, 11) is 0. The van der Waals surface area contributed by atoms with Gasteiger partial charge >= 0.3 is 0 Å². The molecule has 0 saturated heterocycles. The first kappa shape index (κ1) is 23.0. The molecule has 0 unspecified atom stereocenters. The number of ether oxygens (including phenoxy) is 1. The van der Waals surface area contributed by atoms with Crippen molar-refractivity contribution in [1.82, 2.24) is 0 Å². The van der Waals surface area contributed by atoms with Gasteiger partial charge in [0, 0.05) is 36.3 Å². The van der Waals surface area contributed by atoms with Crippen LogP contribution in [-0.2, 0) is 4.74 Å². The number of nitro groups is 2. The molecule has 13 heteroatoms. The monoisotopic (exact) mass is 430 g/mol. The molecule has 0 bridgehead atoms. The van der Waals surface area contributed by atoms with Crippen LogP contribution >= 0.6 is 0 Å². The Kier molecular flexibility index (Phi) is 7.80. The zero-order valence-corrected chi connectivity index (χ0v) is 16.4. The lowest BCUT2D eigenvalue weighted by atomic mass is 10.1. The minimum absolute atomic E-state index is 0.198. The first-order valence-corrected chi connectivity index (χ1v) is 9.02. The maximum Gasteiger partial charge on any atom is 0.293 e. The third kappa shape index (κ3) is 6.37. The Morgan fingerprint density at radius 2 is 1.23 bits per heavy atom. The largest absolute Gasteiger partial charge is 0.384 e. The number of hydrogen-bond donors (Lipinski definition) is 6. The van der Waals surface area contributed by atoms with Gasteiger partial charge in [0.1, 0.15) is 23.0 Å². The molecule has 31 heavy (non-hydrogen) atoms. The first-order chi connectivity index (χ1) is 14.7. The van der Waals surface area contributed by atoms with Crippen LogP contribution in [0.25, 0.3) is 0 Å². The predicted molar refractivity (Wildman–Crippen MR) is 116 cm³/mol. The second kappa shape index (κ2) is 10.5. The Balaban J connectivity index is 1.81. The summed E-state index contributed by atoms with van der Waals surface area (Å²) in [6.07, 6.45) is 0. The number of nitrogens with zero attached hydrogens (tertiary/aromatic N) is 2. The van der Waals surface area contributed by atoms with E-state index in [2.05, 4.69) is 10.6 Å². The number of hydrogen-bond acceptors (Lipinski definition) is 9. The Hall–Kier alpha value is -4.26. The Morgan fingerprint density at radius 3 is 1.55 bits per heavy atom. The normalized spacial score (nSPS) is 10.3. The Morgan fingerprint density at radius 1 is 0.839 bits per heavy atom. The van der Waals surface area contributed by atoms with Gasteiger partial charge in [-0.05, 0) is 24.3 Å². The summed E-state index contributed by atoms with van der Waals surface area (Å²) in [6.45, 7) is 1.04. The summed E-state index contributed by atoms with van der Waals surface area (Å²) in [5, 5.41) is 42.9. The fourth-order valence-electron chi connectivity index (χ4n) is 2.62. The summed E-state index contributed by atoms with van der Waals surface area (Å²) in [5.41, 5.74) is 11.4. The van der Waals surface area contributed by atoms with Crippen LogP contribution in [0.3, 0.4) is 0 Å². The zero-order chi connectivity index (χ0) is 23.0. The van der Waals surface area contributed by atoms with Crippen LogP contribution in [0.5, 0.6) is 0 Å². The van der Waals surface area contributed by atoms with Crippen LogP contribution in [0.15, 0.2) is 36.4 Å². The maximum absolute atomic E-state index is 11.2. The van der Waals surface area contributed by atoms with E-state index in [1.807, 2.05) is 0 Å². The molecule has 0 fully saturated rings. The van der Waals surface area contributed by atoms with Crippen molar-refractivity contribution >= 4 is 34.4 Å². The van der Waals surface area contributed by atoms with Gasteiger partial charge in [-0.2, -0.15) is 0 Å². The van der Waals surface area contributed by atoms with Crippen LogP contribution in [0, 0.1) is 31.0 Å². The molecule has 0 radical (unpaired) electrons. The van der Waals surface area contributed by atoms with Crippen molar-refractivity contribution in [1.29, 1.82) is 10.8 Å². The molecular weight excluding hydrogens is 408 g/mol. The van der Waals surface area contributed by atoms with E-state index in [4.69, 9.17) is 27.0 Å². The minimum atomic E-state index is -0.566. The first-order valence-electron chi connectivity index (χ1n) is 9.02. The van der Waals surface area contributed by atoms with Crippen molar-refractivity contribution in [2.24, 2.45) is 11.5 Å². The average Bonchev–Trinajstić information content (AvgIpc) is 2.72. The van der Waals surface area contributed by atoms with E-state index in [0.29, 0.717) is 0 Å². The highest BCUT2D eigenvalue weighted by Crippen LogP contribution is 2.26. The van der Waals surface area contributed by atoms with Crippen molar-refractivity contribution in [2.45, 2.75) is 0 Å². The molecule has 0 amide bonds. The summed E-state index contributed by atoms with van der Waals surface area (Å²) < 4.78 is 5.43.